The molecule has 0 aliphatic heterocycles. The number of anilines is 2. The normalized spacial score (nSPS) is 10.3. The summed E-state index contributed by atoms with van der Waals surface area (Å²) < 4.78 is 0. The second-order valence-corrected chi connectivity index (χ2v) is 5.56. The number of hydrogen-bond donors (Lipinski definition) is 1. The predicted molar refractivity (Wildman–Crippen MR) is 85.8 cm³/mol. The summed E-state index contributed by atoms with van der Waals surface area (Å²) in [6.07, 6.45) is 0. The molecule has 5 nitrogen and oxygen atoms in total. The molecule has 0 aliphatic rings. The molecule has 1 aromatic carbocycles. The first kappa shape index (κ1) is 15.8. The van der Waals surface area contributed by atoms with E-state index in [4.69, 9.17) is 34.8 Å². The van der Waals surface area contributed by atoms with E-state index in [1.54, 1.807) is 18.2 Å². The van der Waals surface area contributed by atoms with E-state index in [-0.39, 0.29) is 15.9 Å². The third kappa shape index (κ3) is 3.75. The molecule has 1 N–H and O–H groups in total. The van der Waals surface area contributed by atoms with Crippen molar-refractivity contribution in [2.75, 3.05) is 24.3 Å². The number of carbonyl (C=O) groups is 1. The van der Waals surface area contributed by atoms with E-state index in [9.17, 15) is 4.79 Å². The highest BCUT2D eigenvalue weighted by Crippen LogP contribution is 2.28. The van der Waals surface area contributed by atoms with Crippen LogP contribution in [0.4, 0.5) is 11.4 Å². The van der Waals surface area contributed by atoms with Gasteiger partial charge in [0.25, 0.3) is 5.91 Å². The van der Waals surface area contributed by atoms with Gasteiger partial charge in [0, 0.05) is 19.1 Å². The van der Waals surface area contributed by atoms with Crippen LogP contribution in [0.25, 0.3) is 0 Å². The summed E-state index contributed by atoms with van der Waals surface area (Å²) in [5, 5.41) is 10.5. The van der Waals surface area contributed by atoms with Gasteiger partial charge < -0.3 is 10.2 Å². The quantitative estimate of drug-likeness (QED) is 0.920. The van der Waals surface area contributed by atoms with Crippen molar-refractivity contribution in [3.05, 3.63) is 45.2 Å². The number of nitrogens with one attached hydrogen (secondary N) is 1. The van der Waals surface area contributed by atoms with E-state index in [2.05, 4.69) is 15.5 Å². The molecule has 110 valence electrons. The van der Waals surface area contributed by atoms with Crippen LogP contribution in [0.5, 0.6) is 0 Å². The molecule has 8 heteroatoms. The smallest absolute Gasteiger partial charge is 0.259 e. The summed E-state index contributed by atoms with van der Waals surface area (Å²) in [6.45, 7) is 0. The van der Waals surface area contributed by atoms with E-state index in [1.807, 2.05) is 19.0 Å². The predicted octanol–water partition coefficient (Wildman–Crippen LogP) is 3.76. The third-order valence-corrected chi connectivity index (χ3v) is 3.35. The highest BCUT2D eigenvalue weighted by atomic mass is 35.5. The zero-order chi connectivity index (χ0) is 15.6. The molecule has 0 unspecified atom stereocenters. The SMILES string of the molecule is CN(C)c1ccc(Cl)cc1NC(=O)c1cc(Cl)nnc1Cl. The van der Waals surface area contributed by atoms with Crippen LogP contribution >= 0.6 is 34.8 Å². The molecule has 1 amide bonds. The molecule has 1 aromatic heterocycles. The Bertz CT molecular complexity index is 691. The van der Waals surface area contributed by atoms with E-state index in [0.717, 1.165) is 5.69 Å². The second kappa shape index (κ2) is 6.47. The van der Waals surface area contributed by atoms with Crippen molar-refractivity contribution < 1.29 is 4.79 Å². The number of carbonyl (C=O) groups excluding carboxylic acids is 1. The van der Waals surface area contributed by atoms with E-state index in [1.165, 1.54) is 6.07 Å². The summed E-state index contributed by atoms with van der Waals surface area (Å²) in [6, 6.07) is 6.55. The minimum atomic E-state index is -0.442. The fourth-order valence-electron chi connectivity index (χ4n) is 1.70. The first-order valence-corrected chi connectivity index (χ1v) is 6.99. The first-order chi connectivity index (χ1) is 9.88. The van der Waals surface area contributed by atoms with Gasteiger partial charge in [0.15, 0.2) is 10.3 Å². The van der Waals surface area contributed by atoms with Gasteiger partial charge in [-0.2, -0.15) is 0 Å². The molecule has 0 radical (unpaired) electrons. The molecule has 0 bridgehead atoms. The largest absolute Gasteiger partial charge is 0.376 e. The lowest BCUT2D eigenvalue weighted by Gasteiger charge is -2.18. The van der Waals surface area contributed by atoms with Crippen molar-refractivity contribution >= 4 is 52.1 Å². The number of benzene rings is 1. The molecule has 21 heavy (non-hydrogen) atoms. The monoisotopic (exact) mass is 344 g/mol. The van der Waals surface area contributed by atoms with Gasteiger partial charge in [-0.1, -0.05) is 34.8 Å². The molecule has 0 fully saturated rings. The van der Waals surface area contributed by atoms with E-state index < -0.39 is 5.91 Å². The lowest BCUT2D eigenvalue weighted by Crippen LogP contribution is -2.17. The van der Waals surface area contributed by atoms with Gasteiger partial charge in [0.1, 0.15) is 0 Å². The second-order valence-electron chi connectivity index (χ2n) is 4.38. The highest BCUT2D eigenvalue weighted by molar-refractivity contribution is 6.35. The van der Waals surface area contributed by atoms with Gasteiger partial charge in [0.2, 0.25) is 0 Å². The van der Waals surface area contributed by atoms with Gasteiger partial charge >= 0.3 is 0 Å². The van der Waals surface area contributed by atoms with Crippen molar-refractivity contribution in [2.24, 2.45) is 0 Å². The van der Waals surface area contributed by atoms with Crippen molar-refractivity contribution in [1.29, 1.82) is 0 Å². The van der Waals surface area contributed by atoms with E-state index in [0.29, 0.717) is 10.7 Å². The fraction of sp³-hybridized carbons (Fsp3) is 0.154. The molecular weight excluding hydrogens is 335 g/mol. The molecular formula is C13H11Cl3N4O. The summed E-state index contributed by atoms with van der Waals surface area (Å²) in [7, 11) is 3.72. The Morgan fingerprint density at radius 3 is 2.52 bits per heavy atom. The highest BCUT2D eigenvalue weighted by Gasteiger charge is 2.15. The van der Waals surface area contributed by atoms with Crippen molar-refractivity contribution in [3.63, 3.8) is 0 Å². The van der Waals surface area contributed by atoms with Gasteiger partial charge in [-0.25, -0.2) is 0 Å². The van der Waals surface area contributed by atoms with Crippen LogP contribution in [0.2, 0.25) is 15.3 Å². The van der Waals surface area contributed by atoms with Crippen LogP contribution in [0, 0.1) is 0 Å². The Kier molecular flexibility index (Phi) is 4.88. The van der Waals surface area contributed by atoms with Crippen LogP contribution in [-0.2, 0) is 0 Å². The average Bonchev–Trinajstić information content (AvgIpc) is 2.41. The Labute approximate surface area is 136 Å². The molecule has 0 aliphatic carbocycles. The molecule has 0 atom stereocenters. The first-order valence-electron chi connectivity index (χ1n) is 5.85. The van der Waals surface area contributed by atoms with Crippen LogP contribution < -0.4 is 10.2 Å². The number of aromatic nitrogens is 2. The standard InChI is InChI=1S/C13H11Cl3N4O/c1-20(2)10-4-3-7(14)5-9(10)17-13(21)8-6-11(15)18-19-12(8)16/h3-6H,1-2H3,(H,17,21). The van der Waals surface area contributed by atoms with Gasteiger partial charge in [-0.15, -0.1) is 10.2 Å². The molecule has 0 saturated carbocycles. The number of halogens is 3. The lowest BCUT2D eigenvalue weighted by atomic mass is 10.2. The maximum Gasteiger partial charge on any atom is 0.259 e. The number of nitrogens with zero attached hydrogens (tertiary/aromatic N) is 3. The summed E-state index contributed by atoms with van der Waals surface area (Å²) in [4.78, 5) is 14.1. The number of rotatable bonds is 3. The summed E-state index contributed by atoms with van der Waals surface area (Å²) in [5.41, 5.74) is 1.50. The molecule has 0 saturated heterocycles. The summed E-state index contributed by atoms with van der Waals surface area (Å²) in [5.74, 6) is -0.442. The Morgan fingerprint density at radius 2 is 1.86 bits per heavy atom. The molecule has 2 aromatic rings. The molecule has 2 rings (SSSR count). The van der Waals surface area contributed by atoms with E-state index >= 15 is 0 Å². The van der Waals surface area contributed by atoms with Crippen molar-refractivity contribution in [3.8, 4) is 0 Å². The zero-order valence-corrected chi connectivity index (χ0v) is 13.5. The third-order valence-electron chi connectivity index (χ3n) is 2.65. The molecule has 1 heterocycles. The van der Waals surface area contributed by atoms with Gasteiger partial charge in [0.05, 0.1) is 16.9 Å². The molecule has 0 spiro atoms. The van der Waals surface area contributed by atoms with Crippen LogP contribution in [-0.4, -0.2) is 30.2 Å². The summed E-state index contributed by atoms with van der Waals surface area (Å²) >= 11 is 17.6. The van der Waals surface area contributed by atoms with Crippen LogP contribution in [0.1, 0.15) is 10.4 Å². The van der Waals surface area contributed by atoms with Crippen LogP contribution in [0.3, 0.4) is 0 Å². The Morgan fingerprint density at radius 1 is 1.14 bits per heavy atom. The van der Waals surface area contributed by atoms with Gasteiger partial charge in [-0.05, 0) is 24.3 Å². The maximum atomic E-state index is 12.3. The maximum absolute atomic E-state index is 12.3. The minimum Gasteiger partial charge on any atom is -0.376 e. The Balaban J connectivity index is 2.35. The number of hydrogen-bond acceptors (Lipinski definition) is 4. The average molecular weight is 346 g/mol. The van der Waals surface area contributed by atoms with Gasteiger partial charge in [-0.3, -0.25) is 4.79 Å². The Hall–Kier alpha value is -1.56. The van der Waals surface area contributed by atoms with Crippen LogP contribution in [0.15, 0.2) is 24.3 Å². The number of amides is 1. The topological polar surface area (TPSA) is 58.1 Å². The lowest BCUT2D eigenvalue weighted by molar-refractivity contribution is 0.102. The zero-order valence-electron chi connectivity index (χ0n) is 11.2. The van der Waals surface area contributed by atoms with Crippen molar-refractivity contribution in [2.45, 2.75) is 0 Å². The minimum absolute atomic E-state index is 0.0228. The van der Waals surface area contributed by atoms with Crippen molar-refractivity contribution in [1.82, 2.24) is 10.2 Å². The fourth-order valence-corrected chi connectivity index (χ4v) is 2.20.